The van der Waals surface area contributed by atoms with E-state index in [1.807, 2.05) is 0 Å². The Morgan fingerprint density at radius 3 is 2.53 bits per heavy atom. The van der Waals surface area contributed by atoms with E-state index in [4.69, 9.17) is 20.9 Å². The van der Waals surface area contributed by atoms with Gasteiger partial charge in [-0.2, -0.15) is 0 Å². The molecule has 0 aliphatic rings. The first-order valence-electron chi connectivity index (χ1n) is 9.28. The third-order valence-electron chi connectivity index (χ3n) is 4.45. The second-order valence-corrected chi connectivity index (χ2v) is 7.10. The van der Waals surface area contributed by atoms with E-state index in [1.165, 1.54) is 18.3 Å². The molecule has 0 fully saturated rings. The molecular formula is C22H15ClN4O5. The molecule has 2 heterocycles. The summed E-state index contributed by atoms with van der Waals surface area (Å²) in [7, 11) is 0. The zero-order valence-corrected chi connectivity index (χ0v) is 17.3. The van der Waals surface area contributed by atoms with Crippen LogP contribution in [0.5, 0.6) is 11.5 Å². The summed E-state index contributed by atoms with van der Waals surface area (Å²) >= 11 is 6.30. The van der Waals surface area contributed by atoms with Gasteiger partial charge >= 0.3 is 6.03 Å². The molecule has 0 spiro atoms. The van der Waals surface area contributed by atoms with Gasteiger partial charge in [0.2, 0.25) is 0 Å². The molecule has 32 heavy (non-hydrogen) atoms. The van der Waals surface area contributed by atoms with Crippen LogP contribution < -0.4 is 15.4 Å². The molecule has 2 amide bonds. The summed E-state index contributed by atoms with van der Waals surface area (Å²) in [6.45, 7) is 1.71. The Morgan fingerprint density at radius 2 is 1.84 bits per heavy atom. The van der Waals surface area contributed by atoms with Gasteiger partial charge in [-0.25, -0.2) is 4.79 Å². The van der Waals surface area contributed by atoms with Crippen molar-refractivity contribution in [3.63, 3.8) is 0 Å². The van der Waals surface area contributed by atoms with Crippen molar-refractivity contribution >= 4 is 52.6 Å². The Bertz CT molecular complexity index is 1350. The minimum atomic E-state index is -0.540. The van der Waals surface area contributed by atoms with Crippen LogP contribution in [0, 0.1) is 6.92 Å². The molecule has 2 N–H and O–H groups in total. The van der Waals surface area contributed by atoms with Crippen LogP contribution in [0.1, 0.15) is 26.5 Å². The van der Waals surface area contributed by atoms with E-state index in [-0.39, 0.29) is 22.0 Å². The van der Waals surface area contributed by atoms with Crippen LogP contribution in [0.4, 0.5) is 16.3 Å². The molecule has 0 saturated carbocycles. The number of benzene rings is 2. The smallest absolute Gasteiger partial charge is 0.324 e. The summed E-state index contributed by atoms with van der Waals surface area (Å²) < 4.78 is 10.8. The molecule has 0 bridgehead atoms. The number of hydrogen-bond acceptors (Lipinski definition) is 7. The SMILES string of the molecule is Cc1cc(NC(=O)Nc2ccc(Oc3ccnc4cc(C=O)c(C=O)cc34)cc2Cl)no1. The highest BCUT2D eigenvalue weighted by molar-refractivity contribution is 6.34. The van der Waals surface area contributed by atoms with E-state index in [0.29, 0.717) is 46.4 Å². The maximum atomic E-state index is 12.1. The van der Waals surface area contributed by atoms with Gasteiger partial charge in [-0.3, -0.25) is 19.9 Å². The van der Waals surface area contributed by atoms with Crippen molar-refractivity contribution in [3.05, 3.63) is 70.6 Å². The van der Waals surface area contributed by atoms with Gasteiger partial charge in [-0.1, -0.05) is 16.8 Å². The fraction of sp³-hybridized carbons (Fsp3) is 0.0455. The van der Waals surface area contributed by atoms with Crippen molar-refractivity contribution in [2.75, 3.05) is 10.6 Å². The van der Waals surface area contributed by atoms with Crippen LogP contribution in [0.2, 0.25) is 5.02 Å². The van der Waals surface area contributed by atoms with Crippen LogP contribution in [0.15, 0.2) is 53.2 Å². The van der Waals surface area contributed by atoms with Gasteiger partial charge in [-0.05, 0) is 37.3 Å². The molecule has 0 unspecified atom stereocenters. The Balaban J connectivity index is 1.54. The molecule has 0 atom stereocenters. The number of aryl methyl sites for hydroxylation is 1. The average molecular weight is 451 g/mol. The highest BCUT2D eigenvalue weighted by Crippen LogP contribution is 2.33. The maximum absolute atomic E-state index is 12.1. The topological polar surface area (TPSA) is 123 Å². The van der Waals surface area contributed by atoms with Gasteiger partial charge < -0.3 is 14.6 Å². The number of pyridine rings is 1. The van der Waals surface area contributed by atoms with Crippen molar-refractivity contribution in [1.29, 1.82) is 0 Å². The lowest BCUT2D eigenvalue weighted by atomic mass is 10.1. The molecule has 160 valence electrons. The van der Waals surface area contributed by atoms with E-state index in [0.717, 1.165) is 0 Å². The zero-order chi connectivity index (χ0) is 22.7. The molecule has 9 nitrogen and oxygen atoms in total. The van der Waals surface area contributed by atoms with E-state index in [2.05, 4.69) is 20.8 Å². The number of aromatic nitrogens is 2. The predicted molar refractivity (Wildman–Crippen MR) is 118 cm³/mol. The summed E-state index contributed by atoms with van der Waals surface area (Å²) in [5.41, 5.74) is 1.33. The van der Waals surface area contributed by atoms with Crippen LogP contribution >= 0.6 is 11.6 Å². The van der Waals surface area contributed by atoms with Crippen molar-refractivity contribution in [2.45, 2.75) is 6.92 Å². The first-order chi connectivity index (χ1) is 15.5. The lowest BCUT2D eigenvalue weighted by Gasteiger charge is -2.12. The van der Waals surface area contributed by atoms with Gasteiger partial charge in [0.15, 0.2) is 18.4 Å². The standard InChI is InChI=1S/C22H15ClN4O5/c1-12-6-21(27-32-12)26-22(30)25-18-3-2-15(9-17(18)23)31-20-4-5-24-19-8-14(11-29)13(10-28)7-16(19)20/h2-11H,1H3,(H2,25,26,27,30). The van der Waals surface area contributed by atoms with Crippen molar-refractivity contribution in [2.24, 2.45) is 0 Å². The number of nitrogens with one attached hydrogen (secondary N) is 2. The van der Waals surface area contributed by atoms with Crippen molar-refractivity contribution in [3.8, 4) is 11.5 Å². The lowest BCUT2D eigenvalue weighted by Crippen LogP contribution is -2.19. The van der Waals surface area contributed by atoms with E-state index in [9.17, 15) is 14.4 Å². The molecule has 0 aliphatic carbocycles. The molecule has 4 aromatic rings. The normalized spacial score (nSPS) is 10.6. The minimum absolute atomic E-state index is 0.233. The molecule has 2 aromatic heterocycles. The molecular weight excluding hydrogens is 436 g/mol. The van der Waals surface area contributed by atoms with Gasteiger partial charge in [0.25, 0.3) is 0 Å². The van der Waals surface area contributed by atoms with Gasteiger partial charge in [-0.15, -0.1) is 0 Å². The molecule has 0 aliphatic heterocycles. The number of halogens is 1. The molecule has 10 heteroatoms. The van der Waals surface area contributed by atoms with E-state index in [1.54, 1.807) is 37.3 Å². The average Bonchev–Trinajstić information content (AvgIpc) is 3.19. The summed E-state index contributed by atoms with van der Waals surface area (Å²) in [5.74, 6) is 1.65. The first-order valence-corrected chi connectivity index (χ1v) is 9.66. The fourth-order valence-electron chi connectivity index (χ4n) is 2.98. The number of carbonyl (C=O) groups is 3. The number of aldehydes is 2. The van der Waals surface area contributed by atoms with Crippen molar-refractivity contribution < 1.29 is 23.6 Å². The van der Waals surface area contributed by atoms with E-state index < -0.39 is 6.03 Å². The number of carbonyl (C=O) groups excluding carboxylic acids is 3. The first kappa shape index (κ1) is 21.0. The third kappa shape index (κ3) is 4.42. The predicted octanol–water partition coefficient (Wildman–Crippen LogP) is 5.25. The number of rotatable bonds is 6. The Morgan fingerprint density at radius 1 is 1.06 bits per heavy atom. The second kappa shape index (κ2) is 8.86. The highest BCUT2D eigenvalue weighted by Gasteiger charge is 2.12. The van der Waals surface area contributed by atoms with Crippen LogP contribution in [-0.4, -0.2) is 28.7 Å². The van der Waals surface area contributed by atoms with Crippen LogP contribution in [0.3, 0.4) is 0 Å². The van der Waals surface area contributed by atoms with Crippen LogP contribution in [0.25, 0.3) is 10.9 Å². The summed E-state index contributed by atoms with van der Waals surface area (Å²) in [6, 6.07) is 10.5. The summed E-state index contributed by atoms with van der Waals surface area (Å²) in [4.78, 5) is 38.8. The van der Waals surface area contributed by atoms with Crippen molar-refractivity contribution in [1.82, 2.24) is 10.1 Å². The lowest BCUT2D eigenvalue weighted by molar-refractivity contribution is 0.109. The number of fused-ring (bicyclic) bond motifs is 1. The fourth-order valence-corrected chi connectivity index (χ4v) is 3.19. The molecule has 4 rings (SSSR count). The molecule has 0 radical (unpaired) electrons. The van der Waals surface area contributed by atoms with Gasteiger partial charge in [0.1, 0.15) is 17.3 Å². The Kier molecular flexibility index (Phi) is 5.82. The minimum Gasteiger partial charge on any atom is -0.457 e. The van der Waals surface area contributed by atoms with Gasteiger partial charge in [0.05, 0.1) is 16.2 Å². The third-order valence-corrected chi connectivity index (χ3v) is 4.76. The second-order valence-electron chi connectivity index (χ2n) is 6.69. The Hall–Kier alpha value is -4.24. The summed E-state index contributed by atoms with van der Waals surface area (Å²) in [5, 5.41) is 9.62. The van der Waals surface area contributed by atoms with E-state index >= 15 is 0 Å². The molecule has 0 saturated heterocycles. The summed E-state index contributed by atoms with van der Waals surface area (Å²) in [6.07, 6.45) is 2.73. The number of nitrogens with zero attached hydrogens (tertiary/aromatic N) is 2. The zero-order valence-electron chi connectivity index (χ0n) is 16.6. The number of ether oxygens (including phenoxy) is 1. The maximum Gasteiger partial charge on any atom is 0.324 e. The van der Waals surface area contributed by atoms with Crippen LogP contribution in [-0.2, 0) is 0 Å². The quantitative estimate of drug-likeness (QED) is 0.384. The highest BCUT2D eigenvalue weighted by atomic mass is 35.5. The number of anilines is 2. The number of amides is 2. The van der Waals surface area contributed by atoms with Gasteiger partial charge in [0, 0.05) is 34.8 Å². The number of urea groups is 1. The monoisotopic (exact) mass is 450 g/mol. The largest absolute Gasteiger partial charge is 0.457 e. The number of hydrogen-bond donors (Lipinski definition) is 2. The Labute approximate surface area is 186 Å². The molecule has 2 aromatic carbocycles.